The van der Waals surface area contributed by atoms with Crippen LogP contribution in [0, 0.1) is 12.8 Å². The van der Waals surface area contributed by atoms with E-state index < -0.39 is 26.7 Å². The van der Waals surface area contributed by atoms with Gasteiger partial charge in [-0.15, -0.1) is 0 Å². The van der Waals surface area contributed by atoms with Crippen LogP contribution in [0.2, 0.25) is 0 Å². The zero-order valence-corrected chi connectivity index (χ0v) is 16.0. The minimum absolute atomic E-state index is 0.00898. The van der Waals surface area contributed by atoms with E-state index in [1.165, 1.54) is 4.31 Å². The molecule has 0 aromatic heterocycles. The van der Waals surface area contributed by atoms with Crippen LogP contribution in [0.25, 0.3) is 0 Å². The molecule has 2 atom stereocenters. The molecule has 1 aromatic rings. The molecule has 1 saturated heterocycles. The highest BCUT2D eigenvalue weighted by Crippen LogP contribution is 2.25. The van der Waals surface area contributed by atoms with E-state index in [1.807, 2.05) is 6.92 Å². The Balaban J connectivity index is 2.25. The lowest BCUT2D eigenvalue weighted by Crippen LogP contribution is -2.36. The number of nitrogens with zero attached hydrogens (tertiary/aromatic N) is 1. The van der Waals surface area contributed by atoms with Crippen molar-refractivity contribution in [3.05, 3.63) is 29.8 Å². The summed E-state index contributed by atoms with van der Waals surface area (Å²) in [6.07, 6.45) is 0.116. The van der Waals surface area contributed by atoms with Gasteiger partial charge in [0, 0.05) is 13.1 Å². The third kappa shape index (κ3) is 4.04. The SMILES string of the molecule is CCOC(=O)C1CCN(S(=O)(=O)c2ccc(C)cc2)CC(Br)C1=O. The smallest absolute Gasteiger partial charge is 0.316 e. The number of carbonyl (C=O) groups excluding carboxylic acids is 2. The topological polar surface area (TPSA) is 80.8 Å². The van der Waals surface area contributed by atoms with Crippen molar-refractivity contribution >= 4 is 37.7 Å². The molecule has 24 heavy (non-hydrogen) atoms. The van der Waals surface area contributed by atoms with Crippen molar-refractivity contribution in [1.82, 2.24) is 4.31 Å². The summed E-state index contributed by atoms with van der Waals surface area (Å²) in [6, 6.07) is 6.54. The largest absolute Gasteiger partial charge is 0.465 e. The molecule has 0 bridgehead atoms. The number of alkyl halides is 1. The Morgan fingerprint density at radius 1 is 1.33 bits per heavy atom. The number of carbonyl (C=O) groups is 2. The second-order valence-corrected chi connectivity index (χ2v) is 8.68. The van der Waals surface area contributed by atoms with Crippen LogP contribution in [-0.2, 0) is 24.3 Å². The number of hydrogen-bond acceptors (Lipinski definition) is 5. The fraction of sp³-hybridized carbons (Fsp3) is 0.500. The van der Waals surface area contributed by atoms with Gasteiger partial charge in [0.1, 0.15) is 5.92 Å². The fourth-order valence-electron chi connectivity index (χ4n) is 2.55. The van der Waals surface area contributed by atoms with Crippen molar-refractivity contribution in [3.63, 3.8) is 0 Å². The minimum Gasteiger partial charge on any atom is -0.465 e. The number of aryl methyl sites for hydroxylation is 1. The number of ether oxygens (including phenoxy) is 1. The zero-order valence-electron chi connectivity index (χ0n) is 13.6. The van der Waals surface area contributed by atoms with Crippen LogP contribution in [0.4, 0.5) is 0 Å². The van der Waals surface area contributed by atoms with Crippen molar-refractivity contribution in [1.29, 1.82) is 0 Å². The molecule has 1 aliphatic heterocycles. The van der Waals surface area contributed by atoms with E-state index in [-0.39, 0.29) is 36.8 Å². The van der Waals surface area contributed by atoms with E-state index in [9.17, 15) is 18.0 Å². The molecular formula is C16H20BrNO5S. The number of ketones is 1. The summed E-state index contributed by atoms with van der Waals surface area (Å²) >= 11 is 3.22. The molecule has 1 heterocycles. The average Bonchev–Trinajstić information content (AvgIpc) is 2.68. The summed E-state index contributed by atoms with van der Waals surface area (Å²) in [7, 11) is -3.72. The molecule has 8 heteroatoms. The minimum atomic E-state index is -3.72. The van der Waals surface area contributed by atoms with Gasteiger partial charge >= 0.3 is 5.97 Å². The molecule has 1 aromatic carbocycles. The molecule has 0 aliphatic carbocycles. The Hall–Kier alpha value is -1.25. The van der Waals surface area contributed by atoms with Gasteiger partial charge in [-0.1, -0.05) is 33.6 Å². The summed E-state index contributed by atoms with van der Waals surface area (Å²) in [5, 5.41) is 0. The lowest BCUT2D eigenvalue weighted by Gasteiger charge is -2.21. The molecule has 0 amide bonds. The number of benzene rings is 1. The molecule has 0 spiro atoms. The normalized spacial score (nSPS) is 22.9. The molecular weight excluding hydrogens is 398 g/mol. The highest BCUT2D eigenvalue weighted by molar-refractivity contribution is 9.10. The monoisotopic (exact) mass is 417 g/mol. The zero-order chi connectivity index (χ0) is 17.9. The Labute approximate surface area is 150 Å². The molecule has 0 radical (unpaired) electrons. The van der Waals surface area contributed by atoms with Gasteiger partial charge in [0.05, 0.1) is 16.3 Å². The molecule has 2 rings (SSSR count). The van der Waals surface area contributed by atoms with E-state index in [0.29, 0.717) is 0 Å². The maximum atomic E-state index is 12.8. The fourth-order valence-corrected chi connectivity index (χ4v) is 4.88. The third-order valence-corrected chi connectivity index (χ3v) is 6.53. The van der Waals surface area contributed by atoms with Gasteiger partial charge in [0.2, 0.25) is 10.0 Å². The van der Waals surface area contributed by atoms with Crippen molar-refractivity contribution in [2.45, 2.75) is 30.0 Å². The number of hydrogen-bond donors (Lipinski definition) is 0. The van der Waals surface area contributed by atoms with Crippen LogP contribution in [0.1, 0.15) is 18.9 Å². The number of Topliss-reactive ketones (excluding diaryl/α,β-unsaturated/α-hetero) is 1. The van der Waals surface area contributed by atoms with Crippen LogP contribution in [-0.4, -0.2) is 49.0 Å². The van der Waals surface area contributed by atoms with Gasteiger partial charge in [0.25, 0.3) is 0 Å². The van der Waals surface area contributed by atoms with E-state index in [1.54, 1.807) is 31.2 Å². The highest BCUT2D eigenvalue weighted by atomic mass is 79.9. The second-order valence-electron chi connectivity index (χ2n) is 5.64. The second kappa shape index (κ2) is 7.76. The van der Waals surface area contributed by atoms with Gasteiger partial charge in [-0.25, -0.2) is 8.42 Å². The van der Waals surface area contributed by atoms with E-state index >= 15 is 0 Å². The van der Waals surface area contributed by atoms with Crippen LogP contribution in [0.3, 0.4) is 0 Å². The third-order valence-electron chi connectivity index (χ3n) is 3.91. The number of esters is 1. The number of halogens is 1. The summed E-state index contributed by atoms with van der Waals surface area (Å²) < 4.78 is 31.7. The van der Waals surface area contributed by atoms with Gasteiger partial charge < -0.3 is 4.74 Å². The standard InChI is InChI=1S/C16H20BrNO5S/c1-3-23-16(20)13-8-9-18(10-14(17)15(13)19)24(21,22)12-6-4-11(2)5-7-12/h4-7,13-14H,3,8-10H2,1-2H3. The van der Waals surface area contributed by atoms with Crippen molar-refractivity contribution < 1.29 is 22.7 Å². The molecule has 132 valence electrons. The van der Waals surface area contributed by atoms with E-state index in [4.69, 9.17) is 4.74 Å². The van der Waals surface area contributed by atoms with Gasteiger partial charge in [-0.2, -0.15) is 4.31 Å². The molecule has 0 N–H and O–H groups in total. The van der Waals surface area contributed by atoms with Gasteiger partial charge in [-0.05, 0) is 32.4 Å². The summed E-state index contributed by atoms with van der Waals surface area (Å²) in [5.74, 6) is -1.87. The molecule has 1 fully saturated rings. The molecule has 1 aliphatic rings. The Morgan fingerprint density at radius 3 is 2.54 bits per heavy atom. The Morgan fingerprint density at radius 2 is 1.96 bits per heavy atom. The quantitative estimate of drug-likeness (QED) is 0.424. The van der Waals surface area contributed by atoms with Gasteiger partial charge in [-0.3, -0.25) is 9.59 Å². The molecule has 6 nitrogen and oxygen atoms in total. The lowest BCUT2D eigenvalue weighted by molar-refractivity contribution is -0.151. The Bertz CT molecular complexity index is 716. The maximum absolute atomic E-state index is 12.8. The number of sulfonamides is 1. The Kier molecular flexibility index (Phi) is 6.17. The summed E-state index contributed by atoms with van der Waals surface area (Å²) in [5.41, 5.74) is 0.959. The highest BCUT2D eigenvalue weighted by Gasteiger charge is 2.39. The van der Waals surface area contributed by atoms with Crippen molar-refractivity contribution in [2.24, 2.45) is 5.92 Å². The van der Waals surface area contributed by atoms with E-state index in [0.717, 1.165) is 5.56 Å². The first-order valence-electron chi connectivity index (χ1n) is 7.68. The van der Waals surface area contributed by atoms with Crippen molar-refractivity contribution in [2.75, 3.05) is 19.7 Å². The molecule has 0 saturated carbocycles. The van der Waals surface area contributed by atoms with Gasteiger partial charge in [0.15, 0.2) is 5.78 Å². The maximum Gasteiger partial charge on any atom is 0.316 e. The summed E-state index contributed by atoms with van der Waals surface area (Å²) in [4.78, 5) is 23.7. The lowest BCUT2D eigenvalue weighted by atomic mass is 9.99. The predicted octanol–water partition coefficient (Wildman–Crippen LogP) is 1.90. The first kappa shape index (κ1) is 19.1. The number of rotatable bonds is 4. The first-order chi connectivity index (χ1) is 11.3. The first-order valence-corrected chi connectivity index (χ1v) is 10.0. The van der Waals surface area contributed by atoms with Crippen LogP contribution in [0.5, 0.6) is 0 Å². The molecule has 2 unspecified atom stereocenters. The van der Waals surface area contributed by atoms with Crippen molar-refractivity contribution in [3.8, 4) is 0 Å². The van der Waals surface area contributed by atoms with Crippen LogP contribution < -0.4 is 0 Å². The summed E-state index contributed by atoms with van der Waals surface area (Å²) in [6.45, 7) is 3.80. The predicted molar refractivity (Wildman–Crippen MR) is 92.4 cm³/mol. The van der Waals surface area contributed by atoms with E-state index in [2.05, 4.69) is 15.9 Å². The van der Waals surface area contributed by atoms with Crippen LogP contribution >= 0.6 is 15.9 Å². The average molecular weight is 418 g/mol. The van der Waals surface area contributed by atoms with Crippen LogP contribution in [0.15, 0.2) is 29.2 Å².